The van der Waals surface area contributed by atoms with E-state index in [2.05, 4.69) is 36.1 Å². The zero-order valence-corrected chi connectivity index (χ0v) is 10.2. The molecule has 1 aromatic rings. The molecule has 2 N–H and O–H groups in total. The van der Waals surface area contributed by atoms with Crippen LogP contribution in [0.2, 0.25) is 0 Å². The fraction of sp³-hybridized carbons (Fsp3) is 0.571. The monoisotopic (exact) mass is 218 g/mol. The number of anilines is 1. The van der Waals surface area contributed by atoms with Crippen molar-refractivity contribution in [1.82, 2.24) is 0 Å². The second-order valence-electron chi connectivity index (χ2n) is 4.58. The number of nitrogens with two attached hydrogens (primary N) is 1. The van der Waals surface area contributed by atoms with Gasteiger partial charge in [0.15, 0.2) is 0 Å². The van der Waals surface area contributed by atoms with Gasteiger partial charge in [0.2, 0.25) is 0 Å². The molecule has 16 heavy (non-hydrogen) atoms. The number of hydrogen-bond acceptors (Lipinski definition) is 2. The van der Waals surface area contributed by atoms with E-state index in [0.29, 0.717) is 12.6 Å². The van der Waals surface area contributed by atoms with Gasteiger partial charge >= 0.3 is 0 Å². The number of rotatable bonds is 3. The third-order valence-corrected chi connectivity index (χ3v) is 3.62. The summed E-state index contributed by atoms with van der Waals surface area (Å²) in [6.45, 7) is 4.12. The normalized spacial score (nSPS) is 21.1. The first kappa shape index (κ1) is 11.5. The van der Waals surface area contributed by atoms with E-state index < -0.39 is 0 Å². The van der Waals surface area contributed by atoms with Crippen molar-refractivity contribution in [3.8, 4) is 0 Å². The first-order valence-electron chi connectivity index (χ1n) is 6.41. The highest BCUT2D eigenvalue weighted by Gasteiger charge is 2.22. The van der Waals surface area contributed by atoms with Crippen LogP contribution in [-0.4, -0.2) is 12.6 Å². The Balaban J connectivity index is 2.26. The fourth-order valence-electron chi connectivity index (χ4n) is 2.71. The second kappa shape index (κ2) is 5.35. The quantitative estimate of drug-likeness (QED) is 0.845. The Morgan fingerprint density at radius 1 is 1.31 bits per heavy atom. The topological polar surface area (TPSA) is 29.3 Å². The Labute approximate surface area is 98.4 Å². The van der Waals surface area contributed by atoms with Crippen LogP contribution < -0.4 is 10.6 Å². The lowest BCUT2D eigenvalue weighted by Gasteiger charge is -2.38. The van der Waals surface area contributed by atoms with Crippen molar-refractivity contribution in [3.05, 3.63) is 29.8 Å². The molecule has 0 spiro atoms. The van der Waals surface area contributed by atoms with E-state index in [1.165, 1.54) is 43.5 Å². The van der Waals surface area contributed by atoms with Crippen molar-refractivity contribution in [2.75, 3.05) is 11.4 Å². The molecule has 1 fully saturated rings. The fourth-order valence-corrected chi connectivity index (χ4v) is 2.71. The maximum absolute atomic E-state index is 5.82. The van der Waals surface area contributed by atoms with E-state index >= 15 is 0 Å². The van der Waals surface area contributed by atoms with Crippen molar-refractivity contribution in [3.63, 3.8) is 0 Å². The predicted molar refractivity (Wildman–Crippen MR) is 69.6 cm³/mol. The van der Waals surface area contributed by atoms with Gasteiger partial charge < -0.3 is 10.6 Å². The van der Waals surface area contributed by atoms with Crippen molar-refractivity contribution in [2.45, 2.75) is 45.2 Å². The van der Waals surface area contributed by atoms with E-state index in [9.17, 15) is 0 Å². The molecule has 0 aromatic heterocycles. The summed E-state index contributed by atoms with van der Waals surface area (Å²) in [6, 6.07) is 9.28. The molecule has 2 rings (SSSR count). The molecule has 0 amide bonds. The molecule has 1 saturated heterocycles. The van der Waals surface area contributed by atoms with Gasteiger partial charge in [0, 0.05) is 24.8 Å². The molecule has 0 saturated carbocycles. The highest BCUT2D eigenvalue weighted by Crippen LogP contribution is 2.28. The lowest BCUT2D eigenvalue weighted by Crippen LogP contribution is -2.39. The van der Waals surface area contributed by atoms with Gasteiger partial charge in [-0.05, 0) is 37.3 Å². The number of nitrogens with zero attached hydrogens (tertiary/aromatic N) is 1. The summed E-state index contributed by atoms with van der Waals surface area (Å²) in [4.78, 5) is 2.56. The van der Waals surface area contributed by atoms with Gasteiger partial charge in [-0.3, -0.25) is 0 Å². The van der Waals surface area contributed by atoms with Gasteiger partial charge in [0.25, 0.3) is 0 Å². The largest absolute Gasteiger partial charge is 0.368 e. The molecule has 2 heteroatoms. The van der Waals surface area contributed by atoms with Crippen LogP contribution >= 0.6 is 0 Å². The molecule has 1 aliphatic heterocycles. The Morgan fingerprint density at radius 3 is 2.88 bits per heavy atom. The average Bonchev–Trinajstić information content (AvgIpc) is 2.38. The van der Waals surface area contributed by atoms with Gasteiger partial charge in [-0.15, -0.1) is 0 Å². The van der Waals surface area contributed by atoms with Gasteiger partial charge in [0.1, 0.15) is 0 Å². The number of para-hydroxylation sites is 1. The summed E-state index contributed by atoms with van der Waals surface area (Å²) in [7, 11) is 0. The van der Waals surface area contributed by atoms with Gasteiger partial charge in [0.05, 0.1) is 0 Å². The molecule has 1 aliphatic rings. The third kappa shape index (κ3) is 2.22. The summed E-state index contributed by atoms with van der Waals surface area (Å²) in [5, 5.41) is 0. The summed E-state index contributed by atoms with van der Waals surface area (Å²) >= 11 is 0. The molecular weight excluding hydrogens is 196 g/mol. The summed E-state index contributed by atoms with van der Waals surface area (Å²) in [5.74, 6) is 0. The van der Waals surface area contributed by atoms with Crippen molar-refractivity contribution < 1.29 is 0 Å². The number of hydrogen-bond donors (Lipinski definition) is 1. The Morgan fingerprint density at radius 2 is 2.12 bits per heavy atom. The minimum absolute atomic E-state index is 0.642. The van der Waals surface area contributed by atoms with Crippen LogP contribution in [0, 0.1) is 0 Å². The molecule has 0 aliphatic carbocycles. The van der Waals surface area contributed by atoms with E-state index in [-0.39, 0.29) is 0 Å². The van der Waals surface area contributed by atoms with Crippen molar-refractivity contribution in [1.29, 1.82) is 0 Å². The zero-order chi connectivity index (χ0) is 11.4. The van der Waals surface area contributed by atoms with Crippen molar-refractivity contribution >= 4 is 5.69 Å². The summed E-state index contributed by atoms with van der Waals surface area (Å²) < 4.78 is 0. The summed E-state index contributed by atoms with van der Waals surface area (Å²) in [5.41, 5.74) is 8.46. The molecular formula is C14H22N2. The number of benzene rings is 1. The van der Waals surface area contributed by atoms with Crippen LogP contribution in [0.5, 0.6) is 0 Å². The first-order chi connectivity index (χ1) is 7.86. The molecule has 1 aromatic carbocycles. The molecule has 0 radical (unpaired) electrons. The van der Waals surface area contributed by atoms with Crippen LogP contribution in [0.3, 0.4) is 0 Å². The minimum atomic E-state index is 0.642. The van der Waals surface area contributed by atoms with Crippen molar-refractivity contribution in [2.24, 2.45) is 5.73 Å². The van der Waals surface area contributed by atoms with E-state index in [0.717, 1.165) is 0 Å². The minimum Gasteiger partial charge on any atom is -0.368 e. The van der Waals surface area contributed by atoms with Crippen LogP contribution in [0.1, 0.15) is 38.2 Å². The Bertz CT molecular complexity index is 335. The van der Waals surface area contributed by atoms with Crippen LogP contribution in [0.15, 0.2) is 24.3 Å². The highest BCUT2D eigenvalue weighted by molar-refractivity contribution is 5.54. The molecule has 88 valence electrons. The second-order valence-corrected chi connectivity index (χ2v) is 4.58. The van der Waals surface area contributed by atoms with Gasteiger partial charge in [-0.1, -0.05) is 25.1 Å². The standard InChI is InChI=1S/C14H22N2/c1-2-13-8-5-6-10-16(13)14-9-4-3-7-12(14)11-15/h3-4,7,9,13H,2,5-6,8,10-11,15H2,1H3/t13-/m0/s1. The number of piperidine rings is 1. The van der Waals surface area contributed by atoms with Crippen LogP contribution in [0.4, 0.5) is 5.69 Å². The van der Waals surface area contributed by atoms with Gasteiger partial charge in [-0.25, -0.2) is 0 Å². The molecule has 2 nitrogen and oxygen atoms in total. The summed E-state index contributed by atoms with van der Waals surface area (Å²) in [6.07, 6.45) is 5.25. The maximum Gasteiger partial charge on any atom is 0.0414 e. The van der Waals surface area contributed by atoms with E-state index in [1.807, 2.05) is 0 Å². The molecule has 1 heterocycles. The van der Waals surface area contributed by atoms with Gasteiger partial charge in [-0.2, -0.15) is 0 Å². The van der Waals surface area contributed by atoms with Crippen LogP contribution in [-0.2, 0) is 6.54 Å². The van der Waals surface area contributed by atoms with E-state index in [4.69, 9.17) is 5.73 Å². The molecule has 1 atom stereocenters. The smallest absolute Gasteiger partial charge is 0.0414 e. The molecule has 0 bridgehead atoms. The first-order valence-corrected chi connectivity index (χ1v) is 6.41. The zero-order valence-electron chi connectivity index (χ0n) is 10.2. The SMILES string of the molecule is CC[C@H]1CCCCN1c1ccccc1CN. The third-order valence-electron chi connectivity index (χ3n) is 3.62. The Kier molecular flexibility index (Phi) is 3.83. The maximum atomic E-state index is 5.82. The lowest BCUT2D eigenvalue weighted by molar-refractivity contribution is 0.449. The predicted octanol–water partition coefficient (Wildman–Crippen LogP) is 2.91. The highest BCUT2D eigenvalue weighted by atomic mass is 15.2. The van der Waals surface area contributed by atoms with E-state index in [1.54, 1.807) is 0 Å². The Hall–Kier alpha value is -1.02. The van der Waals surface area contributed by atoms with Crippen LogP contribution in [0.25, 0.3) is 0 Å². The average molecular weight is 218 g/mol. The lowest BCUT2D eigenvalue weighted by atomic mass is 9.98. The molecule has 0 unspecified atom stereocenters.